The molecule has 3 heteroatoms. The summed E-state index contributed by atoms with van der Waals surface area (Å²) >= 11 is 0. The highest BCUT2D eigenvalue weighted by atomic mass is 15.2. The molecule has 1 aromatic rings. The first kappa shape index (κ1) is 13.5. The fourth-order valence-electron chi connectivity index (χ4n) is 2.64. The standard InChI is InChI=1S/C15H25N3/c1-14(2)10-17-15(3,4)12-18(11-14)9-13-7-5-6-8-16-13/h5-8,17H,9-12H2,1-4H3. The predicted octanol–water partition coefficient (Wildman–Crippen LogP) is 2.29. The van der Waals surface area contributed by atoms with Crippen molar-refractivity contribution < 1.29 is 0 Å². The number of hydrogen-bond acceptors (Lipinski definition) is 3. The first-order valence-electron chi connectivity index (χ1n) is 6.74. The summed E-state index contributed by atoms with van der Waals surface area (Å²) in [6.07, 6.45) is 1.88. The van der Waals surface area contributed by atoms with E-state index in [2.05, 4.69) is 55.0 Å². The van der Waals surface area contributed by atoms with Gasteiger partial charge in [0.05, 0.1) is 5.69 Å². The molecule has 1 aromatic heterocycles. The van der Waals surface area contributed by atoms with E-state index in [1.54, 1.807) is 0 Å². The molecule has 0 unspecified atom stereocenters. The molecule has 1 aliphatic heterocycles. The van der Waals surface area contributed by atoms with Crippen LogP contribution in [0.25, 0.3) is 0 Å². The number of aromatic nitrogens is 1. The van der Waals surface area contributed by atoms with Gasteiger partial charge in [0.1, 0.15) is 0 Å². The average molecular weight is 247 g/mol. The van der Waals surface area contributed by atoms with Gasteiger partial charge in [-0.15, -0.1) is 0 Å². The van der Waals surface area contributed by atoms with E-state index in [4.69, 9.17) is 0 Å². The average Bonchev–Trinajstić information content (AvgIpc) is 2.36. The first-order valence-corrected chi connectivity index (χ1v) is 6.74. The molecular weight excluding hydrogens is 222 g/mol. The zero-order valence-electron chi connectivity index (χ0n) is 12.0. The second-order valence-corrected chi connectivity index (χ2v) is 6.87. The van der Waals surface area contributed by atoms with E-state index < -0.39 is 0 Å². The molecule has 0 radical (unpaired) electrons. The maximum atomic E-state index is 4.44. The third-order valence-corrected chi connectivity index (χ3v) is 3.43. The molecule has 0 aliphatic carbocycles. The lowest BCUT2D eigenvalue weighted by Gasteiger charge is -2.30. The summed E-state index contributed by atoms with van der Waals surface area (Å²) < 4.78 is 0. The molecule has 3 nitrogen and oxygen atoms in total. The Hall–Kier alpha value is -0.930. The molecule has 0 aromatic carbocycles. The van der Waals surface area contributed by atoms with E-state index in [0.717, 1.165) is 31.9 Å². The number of hydrogen-bond donors (Lipinski definition) is 1. The molecule has 0 spiro atoms. The summed E-state index contributed by atoms with van der Waals surface area (Å²) in [5.74, 6) is 0. The van der Waals surface area contributed by atoms with Gasteiger partial charge in [-0.1, -0.05) is 19.9 Å². The fraction of sp³-hybridized carbons (Fsp3) is 0.667. The van der Waals surface area contributed by atoms with Crippen LogP contribution < -0.4 is 5.32 Å². The van der Waals surface area contributed by atoms with Gasteiger partial charge in [-0.3, -0.25) is 9.88 Å². The highest BCUT2D eigenvalue weighted by Crippen LogP contribution is 2.23. The van der Waals surface area contributed by atoms with Crippen LogP contribution in [0.2, 0.25) is 0 Å². The Labute approximate surface area is 111 Å². The zero-order chi connectivity index (χ0) is 13.2. The quantitative estimate of drug-likeness (QED) is 0.869. The van der Waals surface area contributed by atoms with Crippen LogP contribution in [0.3, 0.4) is 0 Å². The molecule has 0 bridgehead atoms. The molecule has 100 valence electrons. The SMILES string of the molecule is CC1(C)CNC(C)(C)CN(Cc2ccccn2)C1. The number of nitrogens with zero attached hydrogens (tertiary/aromatic N) is 2. The van der Waals surface area contributed by atoms with Gasteiger partial charge in [-0.25, -0.2) is 0 Å². The molecular formula is C15H25N3. The largest absolute Gasteiger partial charge is 0.310 e. The zero-order valence-corrected chi connectivity index (χ0v) is 12.0. The summed E-state index contributed by atoms with van der Waals surface area (Å²) in [7, 11) is 0. The molecule has 18 heavy (non-hydrogen) atoms. The van der Waals surface area contributed by atoms with Gasteiger partial charge >= 0.3 is 0 Å². The Morgan fingerprint density at radius 1 is 1.22 bits per heavy atom. The highest BCUT2D eigenvalue weighted by molar-refractivity contribution is 5.04. The molecule has 2 rings (SSSR count). The third kappa shape index (κ3) is 3.79. The second-order valence-electron chi connectivity index (χ2n) is 6.87. The van der Waals surface area contributed by atoms with Crippen LogP contribution in [-0.2, 0) is 6.54 Å². The van der Waals surface area contributed by atoms with Crippen molar-refractivity contribution in [2.75, 3.05) is 19.6 Å². The summed E-state index contributed by atoms with van der Waals surface area (Å²) in [4.78, 5) is 6.95. The Bertz CT molecular complexity index is 366. The van der Waals surface area contributed by atoms with Crippen molar-refractivity contribution in [3.63, 3.8) is 0 Å². The summed E-state index contributed by atoms with van der Waals surface area (Å²) in [6, 6.07) is 6.15. The van der Waals surface area contributed by atoms with Gasteiger partial charge < -0.3 is 5.32 Å². The van der Waals surface area contributed by atoms with E-state index >= 15 is 0 Å². The molecule has 0 amide bonds. The van der Waals surface area contributed by atoms with Crippen molar-refractivity contribution in [1.82, 2.24) is 15.2 Å². The number of pyridine rings is 1. The minimum atomic E-state index is 0.169. The van der Waals surface area contributed by atoms with Crippen LogP contribution in [0.5, 0.6) is 0 Å². The van der Waals surface area contributed by atoms with Gasteiger partial charge in [-0.2, -0.15) is 0 Å². The molecule has 0 saturated carbocycles. The van der Waals surface area contributed by atoms with Crippen molar-refractivity contribution in [2.24, 2.45) is 5.41 Å². The molecule has 2 heterocycles. The highest BCUT2D eigenvalue weighted by Gasteiger charge is 2.32. The van der Waals surface area contributed by atoms with Crippen LogP contribution in [0.15, 0.2) is 24.4 Å². The Balaban J connectivity index is 2.10. The third-order valence-electron chi connectivity index (χ3n) is 3.43. The van der Waals surface area contributed by atoms with Gasteiger partial charge in [0.15, 0.2) is 0 Å². The van der Waals surface area contributed by atoms with Crippen LogP contribution in [-0.4, -0.2) is 35.1 Å². The van der Waals surface area contributed by atoms with Crippen LogP contribution in [0, 0.1) is 5.41 Å². The molecule has 0 atom stereocenters. The van der Waals surface area contributed by atoms with Crippen molar-refractivity contribution in [2.45, 2.75) is 39.8 Å². The normalized spacial score (nSPS) is 23.6. The first-order chi connectivity index (χ1) is 8.36. The van der Waals surface area contributed by atoms with Crippen LogP contribution in [0.1, 0.15) is 33.4 Å². The topological polar surface area (TPSA) is 28.2 Å². The van der Waals surface area contributed by atoms with E-state index in [1.807, 2.05) is 12.3 Å². The van der Waals surface area contributed by atoms with Gasteiger partial charge in [0.25, 0.3) is 0 Å². The lowest BCUT2D eigenvalue weighted by molar-refractivity contribution is 0.181. The summed E-state index contributed by atoms with van der Waals surface area (Å²) in [5, 5.41) is 3.66. The molecule has 1 saturated heterocycles. The number of nitrogens with one attached hydrogen (secondary N) is 1. The second kappa shape index (κ2) is 4.98. The van der Waals surface area contributed by atoms with Crippen molar-refractivity contribution in [1.29, 1.82) is 0 Å². The van der Waals surface area contributed by atoms with Gasteiger partial charge in [0.2, 0.25) is 0 Å². The Morgan fingerprint density at radius 2 is 2.00 bits per heavy atom. The maximum absolute atomic E-state index is 4.44. The molecule has 1 fully saturated rings. The molecule has 1 N–H and O–H groups in total. The van der Waals surface area contributed by atoms with Crippen LogP contribution in [0.4, 0.5) is 0 Å². The van der Waals surface area contributed by atoms with Gasteiger partial charge in [0, 0.05) is 37.9 Å². The van der Waals surface area contributed by atoms with Gasteiger partial charge in [-0.05, 0) is 31.4 Å². The predicted molar refractivity (Wildman–Crippen MR) is 75.4 cm³/mol. The number of rotatable bonds is 2. The lowest BCUT2D eigenvalue weighted by atomic mass is 9.93. The lowest BCUT2D eigenvalue weighted by Crippen LogP contribution is -2.46. The fourth-order valence-corrected chi connectivity index (χ4v) is 2.64. The maximum Gasteiger partial charge on any atom is 0.0543 e. The minimum Gasteiger partial charge on any atom is -0.310 e. The summed E-state index contributed by atoms with van der Waals surface area (Å²) in [5.41, 5.74) is 1.64. The van der Waals surface area contributed by atoms with Crippen molar-refractivity contribution in [3.05, 3.63) is 30.1 Å². The Kier molecular flexibility index (Phi) is 3.74. The minimum absolute atomic E-state index is 0.169. The van der Waals surface area contributed by atoms with Crippen LogP contribution >= 0.6 is 0 Å². The monoisotopic (exact) mass is 247 g/mol. The van der Waals surface area contributed by atoms with E-state index in [-0.39, 0.29) is 5.54 Å². The summed E-state index contributed by atoms with van der Waals surface area (Å²) in [6.45, 7) is 13.4. The Morgan fingerprint density at radius 3 is 2.67 bits per heavy atom. The smallest absolute Gasteiger partial charge is 0.0543 e. The van der Waals surface area contributed by atoms with Crippen molar-refractivity contribution in [3.8, 4) is 0 Å². The molecule has 1 aliphatic rings. The van der Waals surface area contributed by atoms with E-state index in [0.29, 0.717) is 5.41 Å². The van der Waals surface area contributed by atoms with E-state index in [1.165, 1.54) is 0 Å². The van der Waals surface area contributed by atoms with E-state index in [9.17, 15) is 0 Å². The van der Waals surface area contributed by atoms with Crippen molar-refractivity contribution >= 4 is 0 Å².